The van der Waals surface area contributed by atoms with Gasteiger partial charge in [0.2, 0.25) is 0 Å². The number of anilines is 1. The molecule has 2 fully saturated rings. The van der Waals surface area contributed by atoms with Crippen molar-refractivity contribution in [2.45, 2.75) is 51.3 Å². The number of benzene rings is 1. The van der Waals surface area contributed by atoms with Crippen molar-refractivity contribution < 1.29 is 18.7 Å². The largest absolute Gasteiger partial charge is 0.444 e. The highest BCUT2D eigenvalue weighted by molar-refractivity contribution is 5.93. The van der Waals surface area contributed by atoms with Crippen LogP contribution in [0.1, 0.15) is 55.7 Å². The fourth-order valence-electron chi connectivity index (χ4n) is 4.58. The smallest absolute Gasteiger partial charge is 0.410 e. The number of hydrogen-bond acceptors (Lipinski definition) is 6. The summed E-state index contributed by atoms with van der Waals surface area (Å²) >= 11 is 0. The van der Waals surface area contributed by atoms with Gasteiger partial charge in [-0.05, 0) is 63.4 Å². The highest BCUT2D eigenvalue weighted by atomic mass is 19.1. The zero-order chi connectivity index (χ0) is 24.7. The van der Waals surface area contributed by atoms with E-state index in [1.807, 2.05) is 39.0 Å². The van der Waals surface area contributed by atoms with Gasteiger partial charge in [-0.15, -0.1) is 5.10 Å². The minimum atomic E-state index is -0.561. The van der Waals surface area contributed by atoms with E-state index in [0.717, 1.165) is 24.9 Å². The number of aromatic nitrogens is 3. The Bertz CT molecular complexity index is 1260. The van der Waals surface area contributed by atoms with Crippen molar-refractivity contribution in [3.05, 3.63) is 59.7 Å². The van der Waals surface area contributed by atoms with Gasteiger partial charge in [0.25, 0.3) is 5.91 Å². The quantitative estimate of drug-likeness (QED) is 0.614. The number of nitrogens with zero attached hydrogens (tertiary/aromatic N) is 5. The Morgan fingerprint density at radius 3 is 2.71 bits per heavy atom. The van der Waals surface area contributed by atoms with Crippen molar-refractivity contribution in [3.8, 4) is 0 Å². The van der Waals surface area contributed by atoms with Gasteiger partial charge in [0.15, 0.2) is 11.3 Å². The average molecular weight is 481 g/mol. The van der Waals surface area contributed by atoms with Crippen LogP contribution in [-0.2, 0) is 4.74 Å². The Labute approximate surface area is 202 Å². The van der Waals surface area contributed by atoms with Gasteiger partial charge in [-0.3, -0.25) is 4.79 Å². The molecule has 0 saturated carbocycles. The van der Waals surface area contributed by atoms with Crippen LogP contribution in [0, 0.1) is 5.82 Å². The number of imidazole rings is 1. The molecule has 1 atom stereocenters. The van der Waals surface area contributed by atoms with E-state index in [-0.39, 0.29) is 29.9 Å². The van der Waals surface area contributed by atoms with E-state index in [9.17, 15) is 14.0 Å². The first kappa shape index (κ1) is 23.1. The van der Waals surface area contributed by atoms with Gasteiger partial charge < -0.3 is 19.9 Å². The molecule has 2 amide bonds. The third-order valence-corrected chi connectivity index (χ3v) is 6.23. The molecule has 0 spiro atoms. The summed E-state index contributed by atoms with van der Waals surface area (Å²) in [4.78, 5) is 33.1. The summed E-state index contributed by atoms with van der Waals surface area (Å²) in [5.41, 5.74) is 1.23. The molecule has 184 valence electrons. The summed E-state index contributed by atoms with van der Waals surface area (Å²) in [6.45, 7) is 7.02. The maximum atomic E-state index is 13.8. The molecule has 5 rings (SSSR count). The maximum absolute atomic E-state index is 13.8. The molecular weight excluding hydrogens is 451 g/mol. The van der Waals surface area contributed by atoms with Gasteiger partial charge in [-0.1, -0.05) is 12.1 Å². The fraction of sp³-hybridized carbons (Fsp3) is 0.440. The van der Waals surface area contributed by atoms with Crippen LogP contribution in [0.15, 0.2) is 42.6 Å². The highest BCUT2D eigenvalue weighted by Gasteiger charge is 2.35. The number of amides is 2. The first-order valence-corrected chi connectivity index (χ1v) is 11.8. The molecule has 2 aliphatic rings. The monoisotopic (exact) mass is 480 g/mol. The lowest BCUT2D eigenvalue weighted by Crippen LogP contribution is -2.61. The number of rotatable bonds is 4. The number of hydrogen-bond donors (Lipinski definition) is 1. The maximum Gasteiger partial charge on any atom is 0.410 e. The van der Waals surface area contributed by atoms with Crippen LogP contribution in [0.5, 0.6) is 0 Å². The van der Waals surface area contributed by atoms with E-state index < -0.39 is 5.60 Å². The Kier molecular flexibility index (Phi) is 5.82. The molecule has 0 aliphatic carbocycles. The Hall–Kier alpha value is -3.69. The average Bonchev–Trinajstić information content (AvgIpc) is 3.41. The molecule has 2 aliphatic heterocycles. The Morgan fingerprint density at radius 1 is 1.17 bits per heavy atom. The lowest BCUT2D eigenvalue weighted by atomic mass is 10.0. The predicted molar refractivity (Wildman–Crippen MR) is 128 cm³/mol. The third kappa shape index (κ3) is 4.78. The van der Waals surface area contributed by atoms with E-state index in [0.29, 0.717) is 30.2 Å². The minimum Gasteiger partial charge on any atom is -0.444 e. The second-order valence-electron chi connectivity index (χ2n) is 10.1. The zero-order valence-corrected chi connectivity index (χ0v) is 20.1. The van der Waals surface area contributed by atoms with Gasteiger partial charge >= 0.3 is 6.09 Å². The summed E-state index contributed by atoms with van der Waals surface area (Å²) < 4.78 is 20.7. The molecule has 2 saturated heterocycles. The van der Waals surface area contributed by atoms with Crippen molar-refractivity contribution in [1.29, 1.82) is 0 Å². The summed E-state index contributed by atoms with van der Waals surface area (Å²) in [6.07, 6.45) is 2.98. The van der Waals surface area contributed by atoms with Crippen molar-refractivity contribution >= 4 is 23.5 Å². The molecule has 10 heteroatoms. The normalized spacial score (nSPS) is 18.6. The van der Waals surface area contributed by atoms with Gasteiger partial charge in [0.05, 0.1) is 18.3 Å². The SMILES string of the molecule is CC(C)(C)OC(=O)N1CC(NC(=O)c2cnc3ccc(N4CCC[C@@H]4c4cccc(F)c4)nn23)C1. The number of fused-ring (bicyclic) bond motifs is 1. The highest BCUT2D eigenvalue weighted by Crippen LogP contribution is 2.35. The van der Waals surface area contributed by atoms with Crippen molar-refractivity contribution in [2.24, 2.45) is 0 Å². The molecular formula is C25H29FN6O3. The molecule has 0 unspecified atom stereocenters. The summed E-state index contributed by atoms with van der Waals surface area (Å²) in [5.74, 6) is 0.141. The predicted octanol–water partition coefficient (Wildman–Crippen LogP) is 3.56. The van der Waals surface area contributed by atoms with Gasteiger partial charge in [0.1, 0.15) is 17.2 Å². The number of carbonyl (C=O) groups excluding carboxylic acids is 2. The second-order valence-corrected chi connectivity index (χ2v) is 10.1. The van der Waals surface area contributed by atoms with Crippen LogP contribution in [0.25, 0.3) is 5.65 Å². The van der Waals surface area contributed by atoms with E-state index in [1.54, 1.807) is 17.0 Å². The number of halogens is 1. The summed E-state index contributed by atoms with van der Waals surface area (Å²) in [6, 6.07) is 10.2. The van der Waals surface area contributed by atoms with Crippen molar-refractivity contribution in [3.63, 3.8) is 0 Å². The molecule has 3 aromatic rings. The fourth-order valence-corrected chi connectivity index (χ4v) is 4.58. The molecule has 0 bridgehead atoms. The first-order valence-electron chi connectivity index (χ1n) is 11.8. The number of likely N-dealkylation sites (tertiary alicyclic amines) is 1. The van der Waals surface area contributed by atoms with Crippen molar-refractivity contribution in [2.75, 3.05) is 24.5 Å². The molecule has 9 nitrogen and oxygen atoms in total. The number of carbonyl (C=O) groups is 2. The topological polar surface area (TPSA) is 92.1 Å². The van der Waals surface area contributed by atoms with Crippen LogP contribution < -0.4 is 10.2 Å². The Balaban J connectivity index is 1.29. The van der Waals surface area contributed by atoms with Crippen molar-refractivity contribution in [1.82, 2.24) is 24.8 Å². The van der Waals surface area contributed by atoms with Crippen LogP contribution in [-0.4, -0.2) is 62.8 Å². The van der Waals surface area contributed by atoms with E-state index >= 15 is 0 Å². The van der Waals surface area contributed by atoms with Gasteiger partial charge in [0, 0.05) is 19.6 Å². The van der Waals surface area contributed by atoms with Gasteiger partial charge in [-0.2, -0.15) is 0 Å². The zero-order valence-electron chi connectivity index (χ0n) is 20.1. The molecule has 4 heterocycles. The number of nitrogens with one attached hydrogen (secondary N) is 1. The van der Waals surface area contributed by atoms with E-state index in [4.69, 9.17) is 9.84 Å². The summed E-state index contributed by atoms with van der Waals surface area (Å²) in [5, 5.41) is 7.66. The lowest BCUT2D eigenvalue weighted by Gasteiger charge is -2.39. The van der Waals surface area contributed by atoms with Crippen LogP contribution >= 0.6 is 0 Å². The van der Waals surface area contributed by atoms with Crippen LogP contribution in [0.2, 0.25) is 0 Å². The third-order valence-electron chi connectivity index (χ3n) is 6.23. The molecule has 35 heavy (non-hydrogen) atoms. The molecule has 1 aromatic carbocycles. The summed E-state index contributed by atoms with van der Waals surface area (Å²) in [7, 11) is 0. The second kappa shape index (κ2) is 8.83. The molecule has 1 N–H and O–H groups in total. The van der Waals surface area contributed by atoms with E-state index in [1.165, 1.54) is 16.8 Å². The Morgan fingerprint density at radius 2 is 1.97 bits per heavy atom. The van der Waals surface area contributed by atoms with Crippen LogP contribution in [0.4, 0.5) is 15.0 Å². The standard InChI is InChI=1S/C25H29FN6O3/c1-25(2,3)35-24(34)30-14-18(15-30)28-23(33)20-13-27-21-9-10-22(29-32(20)21)31-11-5-8-19(31)16-6-4-7-17(26)12-16/h4,6-7,9-10,12-13,18-19H,5,8,11,14-15H2,1-3H3,(H,28,33)/t19-/m1/s1. The first-order chi connectivity index (χ1) is 16.7. The van der Waals surface area contributed by atoms with E-state index in [2.05, 4.69) is 15.2 Å². The molecule has 2 aromatic heterocycles. The van der Waals surface area contributed by atoms with Crippen LogP contribution in [0.3, 0.4) is 0 Å². The lowest BCUT2D eigenvalue weighted by molar-refractivity contribution is 0.00529. The van der Waals surface area contributed by atoms with Gasteiger partial charge in [-0.25, -0.2) is 18.7 Å². The molecule has 0 radical (unpaired) electrons. The minimum absolute atomic E-state index is 0.0188. The number of ether oxygens (including phenoxy) is 1.